The number of aromatic amines is 2. The molecule has 9 nitrogen and oxygen atoms in total. The molecule has 4 rings (SSSR count). The molecule has 0 saturated carbocycles. The Hall–Kier alpha value is -4.14. The molecule has 0 unspecified atom stereocenters. The second-order valence-corrected chi connectivity index (χ2v) is 5.50. The number of nitrogens with one attached hydrogen (secondary N) is 4. The summed E-state index contributed by atoms with van der Waals surface area (Å²) in [6, 6.07) is 10.6. The molecule has 0 aliphatic heterocycles. The lowest BCUT2D eigenvalue weighted by Gasteiger charge is -2.10. The first kappa shape index (κ1) is 16.3. The van der Waals surface area contributed by atoms with Crippen LogP contribution in [0.4, 0.5) is 17.5 Å². The number of hydrogen-bond donors (Lipinski definition) is 4. The summed E-state index contributed by atoms with van der Waals surface area (Å²) in [5.74, 6) is 1.51. The molecule has 27 heavy (non-hydrogen) atoms. The Bertz CT molecular complexity index is 1100. The van der Waals surface area contributed by atoms with Gasteiger partial charge in [0.05, 0.1) is 5.39 Å². The lowest BCUT2D eigenvalue weighted by atomic mass is 10.3. The maximum atomic E-state index is 11.5. The van der Waals surface area contributed by atoms with Crippen molar-refractivity contribution < 1.29 is 9.53 Å². The summed E-state index contributed by atoms with van der Waals surface area (Å²) in [7, 11) is 0. The summed E-state index contributed by atoms with van der Waals surface area (Å²) in [6.07, 6.45) is 4.65. The summed E-state index contributed by atoms with van der Waals surface area (Å²) >= 11 is 0. The van der Waals surface area contributed by atoms with E-state index in [1.807, 2.05) is 6.07 Å². The standard InChI is InChI=1S/C18H15N7O2/c1-2-15(26)21-11-4-3-5-12(10-11)27-17-13-6-8-19-16(13)23-18(24-17)22-14-7-9-20-25-14/h2-10H,1H2,(H,21,26)(H3,19,20,22,23,24,25). The molecule has 1 amide bonds. The molecule has 0 radical (unpaired) electrons. The molecule has 9 heteroatoms. The first-order valence-electron chi connectivity index (χ1n) is 8.04. The molecule has 0 aliphatic rings. The normalized spacial score (nSPS) is 10.5. The third-order valence-corrected chi connectivity index (χ3v) is 3.62. The molecule has 3 aromatic heterocycles. The minimum atomic E-state index is -0.298. The van der Waals surface area contributed by atoms with Crippen molar-refractivity contribution in [3.05, 3.63) is 61.4 Å². The van der Waals surface area contributed by atoms with Gasteiger partial charge in [0, 0.05) is 30.2 Å². The number of rotatable bonds is 6. The lowest BCUT2D eigenvalue weighted by Crippen LogP contribution is -2.07. The fraction of sp³-hybridized carbons (Fsp3) is 0. The van der Waals surface area contributed by atoms with Crippen LogP contribution in [0, 0.1) is 0 Å². The number of H-pyrrole nitrogens is 2. The molecule has 0 aliphatic carbocycles. The predicted octanol–water partition coefficient (Wildman–Crippen LogP) is 3.34. The second kappa shape index (κ2) is 7.00. The number of benzene rings is 1. The van der Waals surface area contributed by atoms with Crippen LogP contribution >= 0.6 is 0 Å². The van der Waals surface area contributed by atoms with Crippen molar-refractivity contribution in [2.24, 2.45) is 0 Å². The van der Waals surface area contributed by atoms with Gasteiger partial charge in [-0.3, -0.25) is 9.89 Å². The van der Waals surface area contributed by atoms with Crippen LogP contribution in [0.1, 0.15) is 0 Å². The van der Waals surface area contributed by atoms with E-state index in [9.17, 15) is 4.79 Å². The average molecular weight is 361 g/mol. The van der Waals surface area contributed by atoms with Gasteiger partial charge in [-0.05, 0) is 24.3 Å². The summed E-state index contributed by atoms with van der Waals surface area (Å²) < 4.78 is 5.95. The van der Waals surface area contributed by atoms with Gasteiger partial charge in [0.2, 0.25) is 17.7 Å². The van der Waals surface area contributed by atoms with Crippen molar-refractivity contribution in [2.45, 2.75) is 0 Å². The summed E-state index contributed by atoms with van der Waals surface area (Å²) in [5.41, 5.74) is 1.21. The molecule has 4 aromatic rings. The average Bonchev–Trinajstić information content (AvgIpc) is 3.34. The number of amides is 1. The second-order valence-electron chi connectivity index (χ2n) is 5.50. The van der Waals surface area contributed by atoms with Crippen LogP contribution in [0.2, 0.25) is 0 Å². The Balaban J connectivity index is 1.65. The van der Waals surface area contributed by atoms with Crippen LogP contribution in [0.5, 0.6) is 11.6 Å². The van der Waals surface area contributed by atoms with E-state index in [1.165, 1.54) is 6.08 Å². The van der Waals surface area contributed by atoms with Crippen molar-refractivity contribution >= 4 is 34.4 Å². The van der Waals surface area contributed by atoms with Crippen molar-refractivity contribution in [3.8, 4) is 11.6 Å². The van der Waals surface area contributed by atoms with Crippen LogP contribution in [-0.2, 0) is 4.79 Å². The number of aromatic nitrogens is 5. The summed E-state index contributed by atoms with van der Waals surface area (Å²) in [6.45, 7) is 3.44. The van der Waals surface area contributed by atoms with Crippen molar-refractivity contribution in [1.29, 1.82) is 0 Å². The lowest BCUT2D eigenvalue weighted by molar-refractivity contribution is -0.111. The van der Waals surface area contributed by atoms with E-state index in [0.29, 0.717) is 34.7 Å². The van der Waals surface area contributed by atoms with Gasteiger partial charge in [0.15, 0.2) is 5.82 Å². The quantitative estimate of drug-likeness (QED) is 0.391. The van der Waals surface area contributed by atoms with E-state index in [-0.39, 0.29) is 5.91 Å². The van der Waals surface area contributed by atoms with Crippen LogP contribution in [0.3, 0.4) is 0 Å². The summed E-state index contributed by atoms with van der Waals surface area (Å²) in [4.78, 5) is 23.3. The largest absolute Gasteiger partial charge is 0.438 e. The van der Waals surface area contributed by atoms with Gasteiger partial charge in [-0.2, -0.15) is 15.1 Å². The van der Waals surface area contributed by atoms with Gasteiger partial charge in [0.25, 0.3) is 0 Å². The molecular weight excluding hydrogens is 346 g/mol. The highest BCUT2D eigenvalue weighted by molar-refractivity contribution is 5.99. The molecule has 0 atom stereocenters. The van der Waals surface area contributed by atoms with E-state index in [2.05, 4.69) is 42.4 Å². The third-order valence-electron chi connectivity index (χ3n) is 3.62. The van der Waals surface area contributed by atoms with E-state index < -0.39 is 0 Å². The van der Waals surface area contributed by atoms with Gasteiger partial charge in [-0.15, -0.1) is 0 Å². The monoisotopic (exact) mass is 361 g/mol. The zero-order chi connectivity index (χ0) is 18.6. The van der Waals surface area contributed by atoms with E-state index in [4.69, 9.17) is 4.74 Å². The molecular formula is C18H15N7O2. The Morgan fingerprint density at radius 3 is 2.93 bits per heavy atom. The SMILES string of the molecule is C=CC(=O)Nc1cccc(Oc2nc(Nc3cc[nH]n3)nc3[nH]ccc23)c1. The minimum Gasteiger partial charge on any atom is -0.438 e. The number of ether oxygens (including phenoxy) is 1. The maximum absolute atomic E-state index is 11.5. The van der Waals surface area contributed by atoms with Crippen LogP contribution in [0.25, 0.3) is 11.0 Å². The molecule has 134 valence electrons. The number of hydrogen-bond acceptors (Lipinski definition) is 6. The predicted molar refractivity (Wildman–Crippen MR) is 101 cm³/mol. The topological polar surface area (TPSA) is 121 Å². The van der Waals surface area contributed by atoms with E-state index in [0.717, 1.165) is 5.39 Å². The number of carbonyl (C=O) groups excluding carboxylic acids is 1. The van der Waals surface area contributed by atoms with E-state index in [1.54, 1.807) is 42.7 Å². The highest BCUT2D eigenvalue weighted by Crippen LogP contribution is 2.29. The number of fused-ring (bicyclic) bond motifs is 1. The first-order chi connectivity index (χ1) is 13.2. The molecule has 0 bridgehead atoms. The Morgan fingerprint density at radius 2 is 2.11 bits per heavy atom. The highest BCUT2D eigenvalue weighted by atomic mass is 16.5. The fourth-order valence-corrected chi connectivity index (χ4v) is 2.43. The van der Waals surface area contributed by atoms with Crippen molar-refractivity contribution in [3.63, 3.8) is 0 Å². The maximum Gasteiger partial charge on any atom is 0.247 e. The number of anilines is 3. The smallest absolute Gasteiger partial charge is 0.247 e. The molecule has 0 fully saturated rings. The molecule has 3 heterocycles. The third kappa shape index (κ3) is 3.61. The van der Waals surface area contributed by atoms with E-state index >= 15 is 0 Å². The first-order valence-corrected chi connectivity index (χ1v) is 8.04. The fourth-order valence-electron chi connectivity index (χ4n) is 2.43. The van der Waals surface area contributed by atoms with Gasteiger partial charge in [-0.25, -0.2) is 0 Å². The molecule has 0 saturated heterocycles. The van der Waals surface area contributed by atoms with Gasteiger partial charge in [0.1, 0.15) is 11.4 Å². The zero-order valence-electron chi connectivity index (χ0n) is 14.1. The Morgan fingerprint density at radius 1 is 1.19 bits per heavy atom. The summed E-state index contributed by atoms with van der Waals surface area (Å²) in [5, 5.41) is 13.2. The number of nitrogens with zero attached hydrogens (tertiary/aromatic N) is 3. The molecule has 0 spiro atoms. The Labute approximate surface area is 153 Å². The minimum absolute atomic E-state index is 0.298. The number of carbonyl (C=O) groups is 1. The van der Waals surface area contributed by atoms with Crippen LogP contribution in [0.15, 0.2) is 61.4 Å². The van der Waals surface area contributed by atoms with Gasteiger partial charge in [-0.1, -0.05) is 12.6 Å². The zero-order valence-corrected chi connectivity index (χ0v) is 14.1. The van der Waals surface area contributed by atoms with Gasteiger partial charge >= 0.3 is 0 Å². The van der Waals surface area contributed by atoms with Crippen LogP contribution < -0.4 is 15.4 Å². The van der Waals surface area contributed by atoms with Gasteiger partial charge < -0.3 is 20.4 Å². The molecule has 4 N–H and O–H groups in total. The molecule has 1 aromatic carbocycles. The van der Waals surface area contributed by atoms with Crippen molar-refractivity contribution in [2.75, 3.05) is 10.6 Å². The Kier molecular flexibility index (Phi) is 4.24. The van der Waals surface area contributed by atoms with Crippen LogP contribution in [-0.4, -0.2) is 31.1 Å². The highest BCUT2D eigenvalue weighted by Gasteiger charge is 2.12. The van der Waals surface area contributed by atoms with Crippen molar-refractivity contribution in [1.82, 2.24) is 25.1 Å².